The summed E-state index contributed by atoms with van der Waals surface area (Å²) in [6.45, 7) is 10.3. The van der Waals surface area contributed by atoms with E-state index in [1.807, 2.05) is 35.9 Å². The van der Waals surface area contributed by atoms with Crippen LogP contribution in [0.3, 0.4) is 0 Å². The number of aromatic nitrogens is 5. The number of aromatic amines is 1. The molecule has 200 valence electrons. The molecule has 0 aliphatic rings. The number of fused-ring (bicyclic) bond motifs is 1. The van der Waals surface area contributed by atoms with Crippen molar-refractivity contribution in [2.24, 2.45) is 0 Å². The molecule has 3 aromatic carbocycles. The standard InChI is InChI=1S/C32H36N6O/c1-5-29(31-34-35-36-38(31)20-26-11-7-6-8-12-26)37(15-14-25-13-9-10-22(2)17-25)21-28-19-27-18-23(3)16-24(4)30(27)33-32(28)39/h6-13,16-19,29H,5,14-15,20-21H2,1-4H3,(H,33,39)/t29-/m0/s1. The van der Waals surface area contributed by atoms with E-state index in [1.165, 1.54) is 16.7 Å². The fourth-order valence-electron chi connectivity index (χ4n) is 5.48. The van der Waals surface area contributed by atoms with Gasteiger partial charge in [0.25, 0.3) is 5.56 Å². The quantitative estimate of drug-likeness (QED) is 0.256. The molecule has 5 rings (SSSR count). The maximum absolute atomic E-state index is 13.3. The minimum absolute atomic E-state index is 0.0475. The second-order valence-electron chi connectivity index (χ2n) is 10.5. The summed E-state index contributed by atoms with van der Waals surface area (Å²) in [5, 5.41) is 13.9. The maximum Gasteiger partial charge on any atom is 0.252 e. The zero-order chi connectivity index (χ0) is 27.4. The molecule has 7 heteroatoms. The van der Waals surface area contributed by atoms with Crippen LogP contribution in [0.4, 0.5) is 0 Å². The highest BCUT2D eigenvalue weighted by molar-refractivity contribution is 5.82. The number of hydrogen-bond acceptors (Lipinski definition) is 5. The Morgan fingerprint density at radius 1 is 0.923 bits per heavy atom. The van der Waals surface area contributed by atoms with Crippen LogP contribution in [0.15, 0.2) is 77.6 Å². The summed E-state index contributed by atoms with van der Waals surface area (Å²) in [6.07, 6.45) is 1.68. The Morgan fingerprint density at radius 3 is 2.49 bits per heavy atom. The van der Waals surface area contributed by atoms with Crippen molar-refractivity contribution >= 4 is 10.9 Å². The van der Waals surface area contributed by atoms with Gasteiger partial charge in [0.2, 0.25) is 0 Å². The maximum atomic E-state index is 13.3. The first kappa shape index (κ1) is 26.5. The van der Waals surface area contributed by atoms with Gasteiger partial charge in [-0.15, -0.1) is 5.10 Å². The number of rotatable bonds is 10. The third-order valence-corrected chi connectivity index (χ3v) is 7.37. The van der Waals surface area contributed by atoms with Gasteiger partial charge in [0.15, 0.2) is 5.82 Å². The summed E-state index contributed by atoms with van der Waals surface area (Å²) >= 11 is 0. The molecule has 0 bridgehead atoms. The molecule has 0 saturated heterocycles. The molecular formula is C32H36N6O. The van der Waals surface area contributed by atoms with Gasteiger partial charge in [-0.2, -0.15) is 0 Å². The van der Waals surface area contributed by atoms with Crippen LogP contribution in [0, 0.1) is 20.8 Å². The summed E-state index contributed by atoms with van der Waals surface area (Å²) in [4.78, 5) is 18.8. The number of H-pyrrole nitrogens is 1. The molecule has 0 spiro atoms. The van der Waals surface area contributed by atoms with Crippen LogP contribution in [-0.4, -0.2) is 36.6 Å². The lowest BCUT2D eigenvalue weighted by Gasteiger charge is -2.30. The van der Waals surface area contributed by atoms with Crippen molar-refractivity contribution in [3.8, 4) is 0 Å². The first-order valence-electron chi connectivity index (χ1n) is 13.6. The monoisotopic (exact) mass is 520 g/mol. The van der Waals surface area contributed by atoms with Crippen LogP contribution < -0.4 is 5.56 Å². The predicted octanol–water partition coefficient (Wildman–Crippen LogP) is 5.68. The Morgan fingerprint density at radius 2 is 1.72 bits per heavy atom. The second-order valence-corrected chi connectivity index (χ2v) is 10.5. The predicted molar refractivity (Wildman–Crippen MR) is 156 cm³/mol. The molecule has 2 aromatic heterocycles. The lowest BCUT2D eigenvalue weighted by molar-refractivity contribution is 0.172. The van der Waals surface area contributed by atoms with E-state index in [0.717, 1.165) is 52.8 Å². The fourth-order valence-corrected chi connectivity index (χ4v) is 5.48. The SMILES string of the molecule is CC[C@@H](c1nnnn1Cc1ccccc1)N(CCc1cccc(C)c1)Cc1cc2cc(C)cc(C)c2[nH]c1=O. The highest BCUT2D eigenvalue weighted by atomic mass is 16.1. The molecule has 0 unspecified atom stereocenters. The molecule has 5 aromatic rings. The average Bonchev–Trinajstić information content (AvgIpc) is 3.36. The highest BCUT2D eigenvalue weighted by Crippen LogP contribution is 2.26. The van der Waals surface area contributed by atoms with E-state index in [2.05, 4.69) is 94.7 Å². The van der Waals surface area contributed by atoms with Crippen LogP contribution in [0.25, 0.3) is 10.9 Å². The Kier molecular flexibility index (Phi) is 7.98. The molecular weight excluding hydrogens is 484 g/mol. The first-order chi connectivity index (χ1) is 18.9. The Hall–Kier alpha value is -4.10. The number of nitrogens with zero attached hydrogens (tertiary/aromatic N) is 5. The van der Waals surface area contributed by atoms with Gasteiger partial charge in [-0.3, -0.25) is 9.69 Å². The number of nitrogens with one attached hydrogen (secondary N) is 1. The van der Waals surface area contributed by atoms with Crippen molar-refractivity contribution in [2.75, 3.05) is 6.54 Å². The van der Waals surface area contributed by atoms with E-state index in [0.29, 0.717) is 13.1 Å². The molecule has 39 heavy (non-hydrogen) atoms. The molecule has 0 radical (unpaired) electrons. The average molecular weight is 521 g/mol. The summed E-state index contributed by atoms with van der Waals surface area (Å²) in [5.41, 5.74) is 7.53. The molecule has 2 heterocycles. The fraction of sp³-hybridized carbons (Fsp3) is 0.312. The molecule has 1 N–H and O–H groups in total. The largest absolute Gasteiger partial charge is 0.321 e. The molecule has 0 aliphatic carbocycles. The summed E-state index contributed by atoms with van der Waals surface area (Å²) < 4.78 is 1.89. The van der Waals surface area contributed by atoms with Gasteiger partial charge >= 0.3 is 0 Å². The minimum Gasteiger partial charge on any atom is -0.321 e. The first-order valence-corrected chi connectivity index (χ1v) is 13.6. The zero-order valence-electron chi connectivity index (χ0n) is 23.2. The molecule has 1 atom stereocenters. The number of pyridine rings is 1. The third kappa shape index (κ3) is 6.15. The second kappa shape index (κ2) is 11.7. The number of aryl methyl sites for hydroxylation is 3. The smallest absolute Gasteiger partial charge is 0.252 e. The topological polar surface area (TPSA) is 79.7 Å². The van der Waals surface area contributed by atoms with Crippen molar-refractivity contribution < 1.29 is 0 Å². The van der Waals surface area contributed by atoms with Crippen LogP contribution in [-0.2, 0) is 19.5 Å². The zero-order valence-corrected chi connectivity index (χ0v) is 23.2. The van der Waals surface area contributed by atoms with E-state index in [-0.39, 0.29) is 11.6 Å². The number of benzene rings is 3. The van der Waals surface area contributed by atoms with Gasteiger partial charge in [0.1, 0.15) is 0 Å². The van der Waals surface area contributed by atoms with E-state index in [9.17, 15) is 4.79 Å². The van der Waals surface area contributed by atoms with Crippen molar-refractivity contribution in [2.45, 2.75) is 59.7 Å². The van der Waals surface area contributed by atoms with Crippen LogP contribution in [0.1, 0.15) is 58.6 Å². The van der Waals surface area contributed by atoms with Crippen LogP contribution >= 0.6 is 0 Å². The molecule has 0 aliphatic heterocycles. The molecule has 0 saturated carbocycles. The van der Waals surface area contributed by atoms with E-state index in [4.69, 9.17) is 0 Å². The number of hydrogen-bond donors (Lipinski definition) is 1. The minimum atomic E-state index is -0.0529. The molecule has 0 fully saturated rings. The van der Waals surface area contributed by atoms with Crippen molar-refractivity contribution in [3.63, 3.8) is 0 Å². The Balaban J connectivity index is 1.50. The molecule has 0 amide bonds. The van der Waals surface area contributed by atoms with Gasteiger partial charge in [-0.25, -0.2) is 4.68 Å². The summed E-state index contributed by atoms with van der Waals surface area (Å²) in [6, 6.07) is 25.1. The highest BCUT2D eigenvalue weighted by Gasteiger charge is 2.26. The summed E-state index contributed by atoms with van der Waals surface area (Å²) in [5.74, 6) is 0.814. The van der Waals surface area contributed by atoms with Gasteiger partial charge in [-0.05, 0) is 78.2 Å². The van der Waals surface area contributed by atoms with Gasteiger partial charge < -0.3 is 4.98 Å². The van der Waals surface area contributed by atoms with Crippen LogP contribution in [0.2, 0.25) is 0 Å². The van der Waals surface area contributed by atoms with Crippen molar-refractivity contribution in [3.05, 3.63) is 122 Å². The Bertz CT molecular complexity index is 1620. The van der Waals surface area contributed by atoms with Gasteiger partial charge in [0.05, 0.1) is 18.1 Å². The lowest BCUT2D eigenvalue weighted by Crippen LogP contribution is -2.34. The molecule has 7 nitrogen and oxygen atoms in total. The summed E-state index contributed by atoms with van der Waals surface area (Å²) in [7, 11) is 0. The normalized spacial score (nSPS) is 12.3. The number of tetrazole rings is 1. The van der Waals surface area contributed by atoms with Crippen molar-refractivity contribution in [1.29, 1.82) is 0 Å². The van der Waals surface area contributed by atoms with Gasteiger partial charge in [0, 0.05) is 18.7 Å². The van der Waals surface area contributed by atoms with E-state index in [1.54, 1.807) is 0 Å². The van der Waals surface area contributed by atoms with E-state index >= 15 is 0 Å². The van der Waals surface area contributed by atoms with Crippen LogP contribution in [0.5, 0.6) is 0 Å². The van der Waals surface area contributed by atoms with E-state index < -0.39 is 0 Å². The van der Waals surface area contributed by atoms with Gasteiger partial charge in [-0.1, -0.05) is 78.7 Å². The van der Waals surface area contributed by atoms with Crippen molar-refractivity contribution in [1.82, 2.24) is 30.1 Å². The Labute approximate surface area is 229 Å². The third-order valence-electron chi connectivity index (χ3n) is 7.37. The lowest BCUT2D eigenvalue weighted by atomic mass is 10.0.